The van der Waals surface area contributed by atoms with Gasteiger partial charge in [0.05, 0.1) is 23.1 Å². The van der Waals surface area contributed by atoms with Gasteiger partial charge in [-0.05, 0) is 69.3 Å². The number of H-pyrrole nitrogens is 1. The van der Waals surface area contributed by atoms with Crippen molar-refractivity contribution in [2.45, 2.75) is 71.3 Å². The van der Waals surface area contributed by atoms with Gasteiger partial charge in [0.25, 0.3) is 0 Å². The molecule has 0 amide bonds. The highest BCUT2D eigenvalue weighted by Gasteiger charge is 2.29. The molecule has 4 aromatic rings. The van der Waals surface area contributed by atoms with E-state index in [-0.39, 0.29) is 17.7 Å². The van der Waals surface area contributed by atoms with Crippen LogP contribution in [0.3, 0.4) is 0 Å². The molecule has 0 unspecified atom stereocenters. The first-order valence-electron chi connectivity index (χ1n) is 12.1. The molecule has 1 aliphatic carbocycles. The fourth-order valence-corrected chi connectivity index (χ4v) is 5.56. The second kappa shape index (κ2) is 8.52. The summed E-state index contributed by atoms with van der Waals surface area (Å²) in [6.45, 7) is 9.52. The average Bonchev–Trinajstić information content (AvgIpc) is 3.44. The molecule has 33 heavy (non-hydrogen) atoms. The zero-order chi connectivity index (χ0) is 23.3. The predicted octanol–water partition coefficient (Wildman–Crippen LogP) is 5.82. The van der Waals surface area contributed by atoms with E-state index in [1.807, 2.05) is 19.3 Å². The van der Waals surface area contributed by atoms with E-state index >= 15 is 4.39 Å². The largest absolute Gasteiger partial charge is 0.353 e. The molecule has 0 aromatic carbocycles. The summed E-state index contributed by atoms with van der Waals surface area (Å²) in [5.74, 6) is 0.187. The molecule has 1 N–H and O–H groups in total. The Morgan fingerprint density at radius 3 is 2.67 bits per heavy atom. The third-order valence-electron chi connectivity index (χ3n) is 7.48. The molecule has 4 heterocycles. The topological polar surface area (TPSA) is 62.1 Å². The van der Waals surface area contributed by atoms with E-state index in [1.165, 1.54) is 0 Å². The molecule has 1 fully saturated rings. The van der Waals surface area contributed by atoms with E-state index in [1.54, 1.807) is 10.8 Å². The number of nitrogens with one attached hydrogen (secondary N) is 1. The number of aryl methyl sites for hydroxylation is 1. The second-order valence-electron chi connectivity index (χ2n) is 9.83. The molecule has 174 valence electrons. The maximum Gasteiger partial charge on any atom is 0.158 e. The van der Waals surface area contributed by atoms with E-state index in [4.69, 9.17) is 0 Å². The van der Waals surface area contributed by atoms with Gasteiger partial charge in [-0.15, -0.1) is 0 Å². The van der Waals surface area contributed by atoms with Crippen LogP contribution in [0.25, 0.3) is 27.8 Å². The SMILES string of the molecule is CCN(C)C1CCC(c2ncc3[nH]c(-c4cc(C)c5ncnn5c4)c(C(C)C)c3c2F)CC1. The summed E-state index contributed by atoms with van der Waals surface area (Å²) in [5.41, 5.74) is 6.18. The molecule has 5 rings (SSSR count). The summed E-state index contributed by atoms with van der Waals surface area (Å²) in [7, 11) is 2.19. The minimum absolute atomic E-state index is 0.149. The lowest BCUT2D eigenvalue weighted by Gasteiger charge is -2.34. The van der Waals surface area contributed by atoms with E-state index in [0.29, 0.717) is 17.1 Å². The molecular weight excluding hydrogens is 415 g/mol. The van der Waals surface area contributed by atoms with Crippen LogP contribution in [0.15, 0.2) is 24.8 Å². The van der Waals surface area contributed by atoms with Gasteiger partial charge in [0.15, 0.2) is 11.5 Å². The van der Waals surface area contributed by atoms with Crippen molar-refractivity contribution in [1.82, 2.24) is 29.5 Å². The van der Waals surface area contributed by atoms with Crippen LogP contribution in [-0.4, -0.2) is 49.1 Å². The van der Waals surface area contributed by atoms with Crippen LogP contribution in [0.5, 0.6) is 0 Å². The van der Waals surface area contributed by atoms with Crippen LogP contribution in [-0.2, 0) is 0 Å². The van der Waals surface area contributed by atoms with Crippen molar-refractivity contribution >= 4 is 16.6 Å². The van der Waals surface area contributed by atoms with Crippen molar-refractivity contribution in [3.8, 4) is 11.3 Å². The number of rotatable bonds is 5. The van der Waals surface area contributed by atoms with Crippen LogP contribution < -0.4 is 0 Å². The molecule has 0 spiro atoms. The van der Waals surface area contributed by atoms with E-state index in [9.17, 15) is 0 Å². The fraction of sp³-hybridized carbons (Fsp3) is 0.500. The Kier molecular flexibility index (Phi) is 5.69. The highest BCUT2D eigenvalue weighted by Crippen LogP contribution is 2.41. The van der Waals surface area contributed by atoms with E-state index in [2.05, 4.69) is 58.8 Å². The summed E-state index contributed by atoms with van der Waals surface area (Å²) >= 11 is 0. The maximum atomic E-state index is 16.1. The fourth-order valence-electron chi connectivity index (χ4n) is 5.56. The lowest BCUT2D eigenvalue weighted by atomic mass is 9.82. The van der Waals surface area contributed by atoms with Crippen LogP contribution in [0.4, 0.5) is 4.39 Å². The van der Waals surface area contributed by atoms with Gasteiger partial charge in [0.1, 0.15) is 6.33 Å². The maximum absolute atomic E-state index is 16.1. The Morgan fingerprint density at radius 2 is 1.97 bits per heavy atom. The molecule has 1 aliphatic rings. The van der Waals surface area contributed by atoms with Crippen molar-refractivity contribution in [3.63, 3.8) is 0 Å². The highest BCUT2D eigenvalue weighted by molar-refractivity contribution is 5.92. The predicted molar refractivity (Wildman–Crippen MR) is 130 cm³/mol. The molecule has 4 aromatic heterocycles. The third kappa shape index (κ3) is 3.72. The van der Waals surface area contributed by atoms with Gasteiger partial charge in [-0.3, -0.25) is 4.98 Å². The molecule has 0 radical (unpaired) electrons. The number of hydrogen-bond acceptors (Lipinski definition) is 4. The van der Waals surface area contributed by atoms with Gasteiger partial charge in [-0.2, -0.15) is 5.10 Å². The summed E-state index contributed by atoms with van der Waals surface area (Å²) in [4.78, 5) is 14.8. The first-order valence-corrected chi connectivity index (χ1v) is 12.1. The number of halogens is 1. The number of nitrogens with zero attached hydrogens (tertiary/aromatic N) is 5. The molecule has 0 saturated heterocycles. The van der Waals surface area contributed by atoms with Crippen molar-refractivity contribution in [1.29, 1.82) is 0 Å². The molecule has 0 atom stereocenters. The van der Waals surface area contributed by atoms with Gasteiger partial charge in [0.2, 0.25) is 0 Å². The Balaban J connectivity index is 1.58. The summed E-state index contributed by atoms with van der Waals surface area (Å²) in [6, 6.07) is 2.69. The molecule has 6 nitrogen and oxygen atoms in total. The molecule has 0 bridgehead atoms. The Bertz CT molecular complexity index is 1300. The highest BCUT2D eigenvalue weighted by atomic mass is 19.1. The zero-order valence-corrected chi connectivity index (χ0v) is 20.2. The van der Waals surface area contributed by atoms with Crippen LogP contribution in [0.2, 0.25) is 0 Å². The summed E-state index contributed by atoms with van der Waals surface area (Å²) < 4.78 is 17.9. The Hall–Kier alpha value is -2.80. The van der Waals surface area contributed by atoms with Crippen molar-refractivity contribution in [2.75, 3.05) is 13.6 Å². The van der Waals surface area contributed by atoms with Gasteiger partial charge in [-0.1, -0.05) is 20.8 Å². The van der Waals surface area contributed by atoms with Crippen molar-refractivity contribution < 1.29 is 4.39 Å². The summed E-state index contributed by atoms with van der Waals surface area (Å²) in [6.07, 6.45) is 9.52. The molecule has 7 heteroatoms. The second-order valence-corrected chi connectivity index (χ2v) is 9.83. The number of hydrogen-bond donors (Lipinski definition) is 1. The van der Waals surface area contributed by atoms with Crippen LogP contribution in [0, 0.1) is 12.7 Å². The smallest absolute Gasteiger partial charge is 0.158 e. The van der Waals surface area contributed by atoms with Crippen LogP contribution in [0.1, 0.15) is 75.1 Å². The van der Waals surface area contributed by atoms with E-state index < -0.39 is 0 Å². The number of pyridine rings is 2. The Labute approximate surface area is 194 Å². The van der Waals surface area contributed by atoms with Gasteiger partial charge in [-0.25, -0.2) is 13.9 Å². The number of aromatic amines is 1. The third-order valence-corrected chi connectivity index (χ3v) is 7.48. The molecule has 0 aliphatic heterocycles. The molecule has 1 saturated carbocycles. The van der Waals surface area contributed by atoms with Gasteiger partial charge >= 0.3 is 0 Å². The first kappa shape index (κ1) is 22.0. The lowest BCUT2D eigenvalue weighted by molar-refractivity contribution is 0.188. The van der Waals surface area contributed by atoms with Gasteiger partial charge < -0.3 is 9.88 Å². The monoisotopic (exact) mass is 448 g/mol. The first-order chi connectivity index (χ1) is 15.9. The molecular formula is C26H33FN6. The standard InChI is InChI=1S/C26H33FN6/c1-6-32(5)19-9-7-17(8-10-19)25-23(27)22-20(12-28-25)31-24(21(22)15(2)3)18-11-16(4)26-29-14-30-33(26)13-18/h11-15,17,19,31H,6-10H2,1-5H3. The van der Waals surface area contributed by atoms with Crippen molar-refractivity contribution in [2.24, 2.45) is 0 Å². The average molecular weight is 449 g/mol. The minimum atomic E-state index is -0.149. The number of aromatic nitrogens is 5. The zero-order valence-electron chi connectivity index (χ0n) is 20.2. The normalized spacial score (nSPS) is 19.4. The van der Waals surface area contributed by atoms with Gasteiger partial charge in [0, 0.05) is 29.1 Å². The van der Waals surface area contributed by atoms with Crippen LogP contribution >= 0.6 is 0 Å². The van der Waals surface area contributed by atoms with E-state index in [0.717, 1.165) is 65.8 Å². The quantitative estimate of drug-likeness (QED) is 0.418. The lowest BCUT2D eigenvalue weighted by Crippen LogP contribution is -2.34. The Morgan fingerprint density at radius 1 is 1.21 bits per heavy atom. The minimum Gasteiger partial charge on any atom is -0.353 e. The van der Waals surface area contributed by atoms with Crippen molar-refractivity contribution in [3.05, 3.63) is 47.4 Å². The number of fused-ring (bicyclic) bond motifs is 2. The summed E-state index contributed by atoms with van der Waals surface area (Å²) in [5, 5.41) is 5.00.